The third-order valence-corrected chi connectivity index (χ3v) is 16.8. The first-order chi connectivity index (χ1) is 52.7. The van der Waals surface area contributed by atoms with Gasteiger partial charge in [-0.25, -0.2) is 4.79 Å². The summed E-state index contributed by atoms with van der Waals surface area (Å²) in [5, 5.41) is 0.569. The van der Waals surface area contributed by atoms with Gasteiger partial charge < -0.3 is 23.7 Å². The van der Waals surface area contributed by atoms with Gasteiger partial charge >= 0.3 is 149 Å². The van der Waals surface area contributed by atoms with E-state index >= 15 is 0 Å². The Hall–Kier alpha value is -7.68. The number of nitrogens with zero attached hydrogens (tertiary/aromatic N) is 1. The monoisotopic (exact) mass is 1860 g/mol. The van der Waals surface area contributed by atoms with E-state index in [1.54, 1.807) is 0 Å². The molecule has 3 aromatic carbocycles. The third kappa shape index (κ3) is 16.8. The molecule has 0 unspecified atom stereocenters. The van der Waals surface area contributed by atoms with Gasteiger partial charge in [0.15, 0.2) is 11.5 Å². The van der Waals surface area contributed by atoms with E-state index in [-0.39, 0.29) is 28.6 Å². The zero-order chi connectivity index (χ0) is 93.4. The van der Waals surface area contributed by atoms with Crippen molar-refractivity contribution in [3.63, 3.8) is 0 Å². The number of rotatable bonds is 43. The quantitative estimate of drug-likeness (QED) is 0.0239. The van der Waals surface area contributed by atoms with Crippen molar-refractivity contribution in [3.8, 4) is 17.2 Å². The molecular weight excluding hydrogens is 1820 g/mol. The van der Waals surface area contributed by atoms with Crippen LogP contribution in [0.3, 0.4) is 0 Å². The van der Waals surface area contributed by atoms with E-state index < -0.39 is 287 Å². The molecule has 9 nitrogen and oxygen atoms in total. The summed E-state index contributed by atoms with van der Waals surface area (Å²) in [7, 11) is 0. The van der Waals surface area contributed by atoms with E-state index in [4.69, 9.17) is 23.7 Å². The van der Waals surface area contributed by atoms with Gasteiger partial charge in [0, 0.05) is 35.8 Å². The van der Waals surface area contributed by atoms with E-state index in [1.807, 2.05) is 0 Å². The van der Waals surface area contributed by atoms with Crippen LogP contribution in [0.2, 0.25) is 0 Å². The van der Waals surface area contributed by atoms with Crippen molar-refractivity contribution >= 4 is 28.6 Å². The minimum Gasteiger partial charge on any atom is -0.490 e. The number of carbonyl (C=O) groups excluding carboxylic acids is 3. The SMILES string of the molecule is O=C(OCCOCCN1C(=O)c2cccc3cccc(c23)C1=O)c1cc(OCCCCC(F)(F)C(F)(F)C(F)(F)C(F)(F)C(F)(F)C(F)(F)C(F)(F)C(F)(F)F)c(OCCCCC(F)(F)C(F)(F)C(F)(F)C(F)(F)C(F)(F)C(F)(F)C(F)(F)C(F)(F)F)c(OCCCCC(F)(F)C(F)(F)C(F)(F)C(F)(F)C(F)(F)C(F)(F)C(F)(F)C(F)(F)F)c1. The Kier molecular flexibility index (Phi) is 28.3. The maximum atomic E-state index is 14.9. The number of amides is 2. The third-order valence-electron chi connectivity index (χ3n) is 16.8. The smallest absolute Gasteiger partial charge is 0.460 e. The van der Waals surface area contributed by atoms with Gasteiger partial charge in [0.1, 0.15) is 6.61 Å². The number of benzene rings is 3. The van der Waals surface area contributed by atoms with Crippen LogP contribution in [0.4, 0.5) is 224 Å². The topological polar surface area (TPSA) is 101 Å². The first-order valence-electron chi connectivity index (χ1n) is 31.0. The average Bonchev–Trinajstić information content (AvgIpc) is 0.708. The Balaban J connectivity index is 1.80. The Morgan fingerprint density at radius 2 is 0.538 bits per heavy atom. The molecule has 0 saturated heterocycles. The largest absolute Gasteiger partial charge is 0.490 e. The first-order valence-corrected chi connectivity index (χ1v) is 31.0. The van der Waals surface area contributed by atoms with Crippen LogP contribution in [-0.4, -0.2) is 212 Å². The summed E-state index contributed by atoms with van der Waals surface area (Å²) in [6.45, 7) is -9.20. The lowest BCUT2D eigenvalue weighted by molar-refractivity contribution is -0.461. The molecule has 1 aliphatic rings. The van der Waals surface area contributed by atoms with Gasteiger partial charge in [-0.2, -0.15) is 224 Å². The second-order valence-corrected chi connectivity index (χ2v) is 24.9. The summed E-state index contributed by atoms with van der Waals surface area (Å²) in [6.07, 6.45) is -46.6. The molecule has 0 fully saturated rings. The molecule has 0 aliphatic carbocycles. The fourth-order valence-corrected chi connectivity index (χ4v) is 9.82. The number of hydrogen-bond acceptors (Lipinski definition) is 8. The molecule has 686 valence electrons. The van der Waals surface area contributed by atoms with E-state index in [2.05, 4.69) is 0 Å². The predicted molar refractivity (Wildman–Crippen MR) is 287 cm³/mol. The van der Waals surface area contributed by atoms with Crippen molar-refractivity contribution in [1.29, 1.82) is 0 Å². The van der Waals surface area contributed by atoms with Crippen molar-refractivity contribution in [2.45, 2.75) is 201 Å². The normalized spacial score (nSPS) is 15.8. The molecule has 3 aromatic rings. The van der Waals surface area contributed by atoms with Gasteiger partial charge in [-0.05, 0) is 68.2 Å². The lowest BCUT2D eigenvalue weighted by Crippen LogP contribution is -2.74. The van der Waals surface area contributed by atoms with Crippen LogP contribution in [0.25, 0.3) is 10.8 Å². The molecule has 0 atom stereocenters. The lowest BCUT2D eigenvalue weighted by atomic mass is 9.88. The summed E-state index contributed by atoms with van der Waals surface area (Å²) in [5.74, 6) is -190. The van der Waals surface area contributed by atoms with Gasteiger partial charge in [0.05, 0.1) is 45.1 Å². The van der Waals surface area contributed by atoms with Crippen molar-refractivity contribution in [2.75, 3.05) is 46.2 Å². The number of halogens is 51. The summed E-state index contributed by atoms with van der Waals surface area (Å²) >= 11 is 0. The summed E-state index contributed by atoms with van der Waals surface area (Å²) < 4.78 is 735. The van der Waals surface area contributed by atoms with Crippen molar-refractivity contribution in [2.24, 2.45) is 0 Å². The van der Waals surface area contributed by atoms with Crippen LogP contribution >= 0.6 is 0 Å². The van der Waals surface area contributed by atoms with E-state index in [0.717, 1.165) is 0 Å². The van der Waals surface area contributed by atoms with Crippen molar-refractivity contribution < 1.29 is 262 Å². The highest BCUT2D eigenvalue weighted by Crippen LogP contribution is 2.69. The Morgan fingerprint density at radius 1 is 0.286 bits per heavy atom. The zero-order valence-electron chi connectivity index (χ0n) is 56.4. The van der Waals surface area contributed by atoms with Crippen LogP contribution in [0.1, 0.15) is 88.9 Å². The molecule has 0 N–H and O–H groups in total. The molecule has 0 aromatic heterocycles. The van der Waals surface area contributed by atoms with E-state index in [9.17, 15) is 238 Å². The lowest BCUT2D eigenvalue weighted by Gasteiger charge is -2.42. The van der Waals surface area contributed by atoms with Crippen LogP contribution in [0.5, 0.6) is 17.2 Å². The van der Waals surface area contributed by atoms with Gasteiger partial charge in [-0.3, -0.25) is 14.5 Å². The first kappa shape index (κ1) is 104. The molecule has 0 saturated carbocycles. The van der Waals surface area contributed by atoms with Crippen LogP contribution in [0, 0.1) is 0 Å². The number of imide groups is 1. The molecular formula is C59H40F51NO8. The van der Waals surface area contributed by atoms with Crippen molar-refractivity contribution in [3.05, 3.63) is 65.2 Å². The van der Waals surface area contributed by atoms with Gasteiger partial charge in [0.25, 0.3) is 11.8 Å². The fourth-order valence-electron chi connectivity index (χ4n) is 9.82. The molecule has 1 heterocycles. The average molecular weight is 1860 g/mol. The van der Waals surface area contributed by atoms with Gasteiger partial charge in [-0.15, -0.1) is 0 Å². The maximum Gasteiger partial charge on any atom is 0.460 e. The number of carbonyl (C=O) groups is 3. The van der Waals surface area contributed by atoms with E-state index in [0.29, 0.717) is 10.3 Å². The van der Waals surface area contributed by atoms with Gasteiger partial charge in [-0.1, -0.05) is 24.3 Å². The Morgan fingerprint density at radius 3 is 0.807 bits per heavy atom. The van der Waals surface area contributed by atoms with Crippen molar-refractivity contribution in [1.82, 2.24) is 4.90 Å². The number of hydrogen-bond donors (Lipinski definition) is 0. The number of unbranched alkanes of at least 4 members (excludes halogenated alkanes) is 3. The highest BCUT2D eigenvalue weighted by Gasteiger charge is 2.99. The molecule has 2 amide bonds. The second kappa shape index (κ2) is 32.5. The highest BCUT2D eigenvalue weighted by atomic mass is 19.5. The molecule has 60 heteroatoms. The zero-order valence-corrected chi connectivity index (χ0v) is 56.4. The van der Waals surface area contributed by atoms with Crippen LogP contribution in [0.15, 0.2) is 48.5 Å². The Labute approximate surface area is 624 Å². The van der Waals surface area contributed by atoms with E-state index in [1.165, 1.54) is 36.4 Å². The summed E-state index contributed by atoms with van der Waals surface area (Å²) in [6, 6.07) is 8.23. The highest BCUT2D eigenvalue weighted by molar-refractivity contribution is 6.25. The molecule has 119 heavy (non-hydrogen) atoms. The van der Waals surface area contributed by atoms with Crippen LogP contribution < -0.4 is 14.2 Å². The summed E-state index contributed by atoms with van der Waals surface area (Å²) in [4.78, 5) is 40.6. The fraction of sp³-hybridized carbons (Fsp3) is 0.678. The molecule has 4 rings (SSSR count). The molecule has 0 radical (unpaired) electrons. The standard InChI is InChI=1S/C59H40F51NO8/c60-36(61,39(66,67)42(72,73)45(78,79)48(84,85)51(90,91)54(96,97)57(102,103)104)13-1-4-17-116-29-23-26(35(114)119-22-21-115-20-16-111-33(112)27-11-7-9-25-10-8-12-28(31(25)27)34(111)113)24-30(117-18-5-2-14-37(62,63)40(68,69)43(74,75)46(80,81)49(86,87)52(92,93)55(98,99)58(105,106)107)32(29)118-19-6-3-15-38(64,65)41(70,71)44(76,77)47(82,83)50(88,89)53(94,95)56(100,101)59(108,109)110/h7-12,23-24H,1-6,13-22H2. The minimum atomic E-state index is -9.17. The molecule has 0 bridgehead atoms. The molecule has 1 aliphatic heterocycles. The second-order valence-electron chi connectivity index (χ2n) is 24.9. The van der Waals surface area contributed by atoms with Gasteiger partial charge in [0.2, 0.25) is 5.75 Å². The number of alkyl halides is 51. The molecule has 0 spiro atoms. The minimum absolute atomic E-state index is 0.0237. The predicted octanol–water partition coefficient (Wildman–Crippen LogP) is 23.0. The number of ether oxygens (including phenoxy) is 5. The number of esters is 1. The Bertz CT molecular complexity index is 3890. The maximum absolute atomic E-state index is 14.9. The van der Waals surface area contributed by atoms with Crippen LogP contribution in [-0.2, 0) is 9.47 Å². The summed E-state index contributed by atoms with van der Waals surface area (Å²) in [5.41, 5.74) is -1.51.